The lowest BCUT2D eigenvalue weighted by Gasteiger charge is -1.92. The number of rotatable bonds is 2. The highest BCUT2D eigenvalue weighted by Gasteiger charge is 2.01. The van der Waals surface area contributed by atoms with Gasteiger partial charge < -0.3 is 5.21 Å². The molecule has 0 aliphatic rings. The van der Waals surface area contributed by atoms with Crippen LogP contribution in [-0.4, -0.2) is 16.4 Å². The van der Waals surface area contributed by atoms with Gasteiger partial charge in [-0.05, 0) is 0 Å². The van der Waals surface area contributed by atoms with Crippen LogP contribution in [0, 0.1) is 0 Å². The monoisotopic (exact) mass is 204 g/mol. The Morgan fingerprint density at radius 1 is 1.29 bits per heavy atom. The van der Waals surface area contributed by atoms with E-state index in [0.29, 0.717) is 5.69 Å². The first-order chi connectivity index (χ1) is 6.90. The molecule has 3 nitrogen and oxygen atoms in total. The van der Waals surface area contributed by atoms with Crippen molar-refractivity contribution in [2.75, 3.05) is 0 Å². The smallest absolute Gasteiger partial charge is 0.124 e. The van der Waals surface area contributed by atoms with Gasteiger partial charge in [-0.1, -0.05) is 35.5 Å². The zero-order valence-corrected chi connectivity index (χ0v) is 8.11. The van der Waals surface area contributed by atoms with Crippen LogP contribution < -0.4 is 0 Å². The first kappa shape index (κ1) is 8.90. The van der Waals surface area contributed by atoms with E-state index >= 15 is 0 Å². The Morgan fingerprint density at radius 3 is 2.79 bits per heavy atom. The third-order valence-electron chi connectivity index (χ3n) is 1.73. The van der Waals surface area contributed by atoms with E-state index in [1.54, 1.807) is 0 Å². The predicted molar refractivity (Wildman–Crippen MR) is 56.9 cm³/mol. The van der Waals surface area contributed by atoms with Crippen molar-refractivity contribution in [2.24, 2.45) is 5.16 Å². The van der Waals surface area contributed by atoms with Gasteiger partial charge in [-0.15, -0.1) is 11.3 Å². The standard InChI is InChI=1S/C10H8N2OS/c13-11-6-9-7-14-10(12-9)8-4-2-1-3-5-8/h1-7,13H/b11-6-. The predicted octanol–water partition coefficient (Wildman–Crippen LogP) is 2.62. The fourth-order valence-corrected chi connectivity index (χ4v) is 1.89. The number of thiazole rings is 1. The largest absolute Gasteiger partial charge is 0.411 e. The van der Waals surface area contributed by atoms with Crippen molar-refractivity contribution < 1.29 is 5.21 Å². The average molecular weight is 204 g/mol. The van der Waals surface area contributed by atoms with Crippen LogP contribution in [0.2, 0.25) is 0 Å². The Hall–Kier alpha value is -1.68. The molecular formula is C10H8N2OS. The Bertz CT molecular complexity index is 436. The summed E-state index contributed by atoms with van der Waals surface area (Å²) in [6.45, 7) is 0. The van der Waals surface area contributed by atoms with Gasteiger partial charge in [0.05, 0.1) is 11.9 Å². The van der Waals surface area contributed by atoms with Gasteiger partial charge in [-0.3, -0.25) is 0 Å². The molecule has 1 aromatic carbocycles. The van der Waals surface area contributed by atoms with Crippen molar-refractivity contribution in [2.45, 2.75) is 0 Å². The molecule has 2 aromatic rings. The molecule has 0 fully saturated rings. The third kappa shape index (κ3) is 1.80. The van der Waals surface area contributed by atoms with E-state index in [-0.39, 0.29) is 0 Å². The summed E-state index contributed by atoms with van der Waals surface area (Å²) in [7, 11) is 0. The molecule has 0 spiro atoms. The molecule has 0 atom stereocenters. The number of aromatic nitrogens is 1. The molecule has 0 amide bonds. The highest BCUT2D eigenvalue weighted by Crippen LogP contribution is 2.22. The number of hydrogen-bond acceptors (Lipinski definition) is 4. The van der Waals surface area contributed by atoms with Crippen molar-refractivity contribution in [3.63, 3.8) is 0 Å². The Morgan fingerprint density at radius 2 is 2.07 bits per heavy atom. The second-order valence-corrected chi connectivity index (χ2v) is 3.55. The van der Waals surface area contributed by atoms with E-state index in [1.807, 2.05) is 35.7 Å². The van der Waals surface area contributed by atoms with Crippen LogP contribution in [0.25, 0.3) is 10.6 Å². The van der Waals surface area contributed by atoms with Gasteiger partial charge >= 0.3 is 0 Å². The topological polar surface area (TPSA) is 45.5 Å². The minimum absolute atomic E-state index is 0.677. The van der Waals surface area contributed by atoms with E-state index in [4.69, 9.17) is 5.21 Å². The third-order valence-corrected chi connectivity index (χ3v) is 2.64. The maximum absolute atomic E-state index is 8.33. The molecule has 1 N–H and O–H groups in total. The van der Waals surface area contributed by atoms with Gasteiger partial charge in [-0.2, -0.15) is 0 Å². The van der Waals surface area contributed by atoms with Gasteiger partial charge in [0.2, 0.25) is 0 Å². The molecule has 0 aliphatic heterocycles. The van der Waals surface area contributed by atoms with Crippen molar-refractivity contribution in [3.05, 3.63) is 41.4 Å². The normalized spacial score (nSPS) is 10.9. The number of oxime groups is 1. The fraction of sp³-hybridized carbons (Fsp3) is 0. The summed E-state index contributed by atoms with van der Waals surface area (Å²) in [5.41, 5.74) is 1.76. The van der Waals surface area contributed by atoms with Crippen molar-refractivity contribution in [1.82, 2.24) is 4.98 Å². The molecular weight excluding hydrogens is 196 g/mol. The van der Waals surface area contributed by atoms with Crippen LogP contribution in [0.15, 0.2) is 40.9 Å². The van der Waals surface area contributed by atoms with Crippen LogP contribution in [0.5, 0.6) is 0 Å². The molecule has 1 aromatic heterocycles. The van der Waals surface area contributed by atoms with Gasteiger partial charge in [0.15, 0.2) is 0 Å². The van der Waals surface area contributed by atoms with Gasteiger partial charge in [0, 0.05) is 10.9 Å². The second-order valence-electron chi connectivity index (χ2n) is 2.69. The lowest BCUT2D eigenvalue weighted by Crippen LogP contribution is -1.80. The zero-order chi connectivity index (χ0) is 9.80. The molecule has 4 heteroatoms. The summed E-state index contributed by atoms with van der Waals surface area (Å²) in [4.78, 5) is 4.28. The van der Waals surface area contributed by atoms with Gasteiger partial charge in [-0.25, -0.2) is 4.98 Å². The maximum atomic E-state index is 8.33. The SMILES string of the molecule is O/N=C\c1csc(-c2ccccc2)n1. The summed E-state index contributed by atoms with van der Waals surface area (Å²) in [5.74, 6) is 0. The minimum atomic E-state index is 0.677. The lowest BCUT2D eigenvalue weighted by molar-refractivity contribution is 0.321. The van der Waals surface area contributed by atoms with Crippen LogP contribution in [0.3, 0.4) is 0 Å². The maximum Gasteiger partial charge on any atom is 0.124 e. The summed E-state index contributed by atoms with van der Waals surface area (Å²) >= 11 is 1.53. The van der Waals surface area contributed by atoms with E-state index in [9.17, 15) is 0 Å². The summed E-state index contributed by atoms with van der Waals surface area (Å²) < 4.78 is 0. The summed E-state index contributed by atoms with van der Waals surface area (Å²) in [6.07, 6.45) is 1.32. The highest BCUT2D eigenvalue weighted by molar-refractivity contribution is 7.13. The molecule has 70 valence electrons. The highest BCUT2D eigenvalue weighted by atomic mass is 32.1. The van der Waals surface area contributed by atoms with Gasteiger partial charge in [0.1, 0.15) is 5.01 Å². The van der Waals surface area contributed by atoms with Crippen LogP contribution >= 0.6 is 11.3 Å². The Labute approximate surface area is 85.4 Å². The lowest BCUT2D eigenvalue weighted by atomic mass is 10.2. The summed E-state index contributed by atoms with van der Waals surface area (Å²) in [6, 6.07) is 9.90. The molecule has 0 radical (unpaired) electrons. The molecule has 0 unspecified atom stereocenters. The Balaban J connectivity index is 2.34. The van der Waals surface area contributed by atoms with Crippen molar-refractivity contribution >= 4 is 17.6 Å². The van der Waals surface area contributed by atoms with Gasteiger partial charge in [0.25, 0.3) is 0 Å². The number of nitrogens with zero attached hydrogens (tertiary/aromatic N) is 2. The Kier molecular flexibility index (Phi) is 2.55. The molecule has 1 heterocycles. The first-order valence-corrected chi connectivity index (χ1v) is 4.96. The average Bonchev–Trinajstić information content (AvgIpc) is 2.68. The zero-order valence-electron chi connectivity index (χ0n) is 7.29. The van der Waals surface area contributed by atoms with E-state index in [2.05, 4.69) is 10.1 Å². The number of benzene rings is 1. The van der Waals surface area contributed by atoms with Crippen LogP contribution in [-0.2, 0) is 0 Å². The molecule has 0 aliphatic carbocycles. The fourth-order valence-electron chi connectivity index (χ4n) is 1.12. The molecule has 14 heavy (non-hydrogen) atoms. The van der Waals surface area contributed by atoms with Crippen LogP contribution in [0.1, 0.15) is 5.69 Å². The van der Waals surface area contributed by atoms with E-state index < -0.39 is 0 Å². The van der Waals surface area contributed by atoms with E-state index in [0.717, 1.165) is 10.6 Å². The van der Waals surface area contributed by atoms with Crippen molar-refractivity contribution in [1.29, 1.82) is 0 Å². The number of hydrogen-bond donors (Lipinski definition) is 1. The molecule has 0 saturated heterocycles. The molecule has 0 saturated carbocycles. The second kappa shape index (κ2) is 4.02. The minimum Gasteiger partial charge on any atom is -0.411 e. The van der Waals surface area contributed by atoms with E-state index in [1.165, 1.54) is 17.6 Å². The quantitative estimate of drug-likeness (QED) is 0.464. The summed E-state index contributed by atoms with van der Waals surface area (Å²) in [5, 5.41) is 14.0. The van der Waals surface area contributed by atoms with Crippen LogP contribution in [0.4, 0.5) is 0 Å². The first-order valence-electron chi connectivity index (χ1n) is 4.08. The molecule has 0 bridgehead atoms. The molecule has 2 rings (SSSR count). The van der Waals surface area contributed by atoms with Crippen molar-refractivity contribution in [3.8, 4) is 10.6 Å².